The number of hydrogen-bond acceptors (Lipinski definition) is 6. The Morgan fingerprint density at radius 2 is 1.82 bits per heavy atom. The van der Waals surface area contributed by atoms with Crippen molar-refractivity contribution in [3.8, 4) is 5.88 Å². The largest absolute Gasteiger partial charge is 0.491 e. The van der Waals surface area contributed by atoms with Crippen molar-refractivity contribution in [2.24, 2.45) is 0 Å². The van der Waals surface area contributed by atoms with Crippen LogP contribution in [0.4, 0.5) is 13.2 Å². The molecule has 1 aromatic heterocycles. The Labute approximate surface area is 92.8 Å². The van der Waals surface area contributed by atoms with Crippen LogP contribution in [-0.4, -0.2) is 32.3 Å². The van der Waals surface area contributed by atoms with Crippen LogP contribution in [0.5, 0.6) is 5.88 Å². The fourth-order valence-corrected chi connectivity index (χ4v) is 0.623. The van der Waals surface area contributed by atoms with Crippen molar-refractivity contribution in [3.05, 3.63) is 31.0 Å². The topological polar surface area (TPSA) is 77.9 Å². The van der Waals surface area contributed by atoms with E-state index < -0.39 is 18.0 Å². The molecule has 0 amide bonds. The summed E-state index contributed by atoms with van der Waals surface area (Å²) in [4.78, 5) is 17.5. The van der Waals surface area contributed by atoms with Gasteiger partial charge in [0.1, 0.15) is 6.20 Å². The van der Waals surface area contributed by atoms with E-state index in [0.29, 0.717) is 0 Å². The summed E-state index contributed by atoms with van der Waals surface area (Å²) in [6.45, 7) is 0. The average molecular weight is 246 g/mol. The lowest BCUT2D eigenvalue weighted by Crippen LogP contribution is -2.28. The number of rotatable bonds is 1. The van der Waals surface area contributed by atoms with Gasteiger partial charge in [-0.25, -0.2) is 9.78 Å². The standard InChI is InChI=1S/C8H5F3N4O2/c9-8(10,11)7(16)17-6-5-15-14-4-2-12-1-3-13-6/h1-5H. The van der Waals surface area contributed by atoms with Crippen LogP contribution >= 0.6 is 0 Å². The first-order valence-electron chi connectivity index (χ1n) is 4.10. The highest BCUT2D eigenvalue weighted by molar-refractivity contribution is 5.77. The van der Waals surface area contributed by atoms with E-state index in [9.17, 15) is 18.0 Å². The molecule has 0 unspecified atom stereocenters. The summed E-state index contributed by atoms with van der Waals surface area (Å²) in [5, 5.41) is 6.65. The molecule has 17 heavy (non-hydrogen) atoms. The van der Waals surface area contributed by atoms with Gasteiger partial charge in [0.25, 0.3) is 0 Å². The first kappa shape index (κ1) is 12.7. The molecule has 9 heteroatoms. The Balaban J connectivity index is 2.96. The van der Waals surface area contributed by atoms with Crippen molar-refractivity contribution < 1.29 is 22.7 Å². The zero-order valence-corrected chi connectivity index (χ0v) is 8.13. The minimum absolute atomic E-state index is 0.641. The molecule has 1 aromatic rings. The predicted octanol–water partition coefficient (Wildman–Crippen LogP) is 0.859. The van der Waals surface area contributed by atoms with Gasteiger partial charge >= 0.3 is 12.1 Å². The van der Waals surface area contributed by atoms with Gasteiger partial charge in [-0.05, 0) is 0 Å². The molecule has 0 saturated heterocycles. The third-order valence-electron chi connectivity index (χ3n) is 1.24. The molecular formula is C8H5F3N4O2. The van der Waals surface area contributed by atoms with Crippen LogP contribution in [0.25, 0.3) is 0 Å². The lowest BCUT2D eigenvalue weighted by atomic mass is 10.6. The molecule has 90 valence electrons. The number of carbonyl (C=O) groups is 1. The molecular weight excluding hydrogens is 241 g/mol. The lowest BCUT2D eigenvalue weighted by molar-refractivity contribution is -0.190. The first-order chi connectivity index (χ1) is 8.00. The van der Waals surface area contributed by atoms with E-state index in [1.807, 2.05) is 0 Å². The number of nitrogens with zero attached hydrogens (tertiary/aromatic N) is 4. The number of halogens is 3. The Kier molecular flexibility index (Phi) is 4.26. The zero-order valence-electron chi connectivity index (χ0n) is 8.13. The van der Waals surface area contributed by atoms with Gasteiger partial charge in [0.2, 0.25) is 5.88 Å². The van der Waals surface area contributed by atoms with Crippen LogP contribution < -0.4 is 4.74 Å². The van der Waals surface area contributed by atoms with Crippen molar-refractivity contribution in [1.82, 2.24) is 20.2 Å². The monoisotopic (exact) mass is 246 g/mol. The molecule has 0 bridgehead atoms. The molecule has 0 N–H and O–H groups in total. The summed E-state index contributed by atoms with van der Waals surface area (Å²) < 4.78 is 39.6. The van der Waals surface area contributed by atoms with Crippen LogP contribution in [0, 0.1) is 0 Å². The second-order valence-corrected chi connectivity index (χ2v) is 2.46. The predicted molar refractivity (Wildman–Crippen MR) is 46.9 cm³/mol. The van der Waals surface area contributed by atoms with E-state index in [2.05, 4.69) is 24.9 Å². The SMILES string of the molecule is O=C(Oc1cnnccnccn1)C(F)(F)F. The molecule has 0 aliphatic heterocycles. The highest BCUT2D eigenvalue weighted by Gasteiger charge is 2.41. The summed E-state index contributed by atoms with van der Waals surface area (Å²) in [6, 6.07) is 0. The van der Waals surface area contributed by atoms with Gasteiger partial charge in [0.15, 0.2) is 0 Å². The summed E-state index contributed by atoms with van der Waals surface area (Å²) >= 11 is 0. The van der Waals surface area contributed by atoms with Crippen LogP contribution in [0.3, 0.4) is 0 Å². The van der Waals surface area contributed by atoms with Crippen LogP contribution in [-0.2, 0) is 4.79 Å². The van der Waals surface area contributed by atoms with Crippen LogP contribution in [0.15, 0.2) is 31.0 Å². The maximum absolute atomic E-state index is 11.9. The molecule has 0 aromatic carbocycles. The summed E-state index contributed by atoms with van der Waals surface area (Å²) in [5.41, 5.74) is 0. The van der Waals surface area contributed by atoms with Gasteiger partial charge in [-0.2, -0.15) is 23.4 Å². The number of hydrogen-bond donors (Lipinski definition) is 0. The fourth-order valence-electron chi connectivity index (χ4n) is 0.623. The molecule has 6 nitrogen and oxygen atoms in total. The summed E-state index contributed by atoms with van der Waals surface area (Å²) in [7, 11) is 0. The maximum atomic E-state index is 11.9. The molecule has 0 aliphatic carbocycles. The average Bonchev–Trinajstić information content (AvgIpc) is 2.26. The fraction of sp³-hybridized carbons (Fsp3) is 0.125. The third kappa shape index (κ3) is 4.82. The van der Waals surface area contributed by atoms with Crippen molar-refractivity contribution >= 4 is 5.97 Å². The quantitative estimate of drug-likeness (QED) is 0.684. The number of carbonyl (C=O) groups excluding carboxylic acids is 1. The van der Waals surface area contributed by atoms with E-state index >= 15 is 0 Å². The molecule has 1 rings (SSSR count). The van der Waals surface area contributed by atoms with E-state index in [4.69, 9.17) is 0 Å². The van der Waals surface area contributed by atoms with Gasteiger partial charge in [0.05, 0.1) is 6.20 Å². The van der Waals surface area contributed by atoms with E-state index in [1.54, 1.807) is 0 Å². The molecule has 0 aliphatic rings. The number of esters is 1. The summed E-state index contributed by atoms with van der Waals surface area (Å²) in [5.74, 6) is -3.03. The third-order valence-corrected chi connectivity index (χ3v) is 1.24. The van der Waals surface area contributed by atoms with E-state index in [0.717, 1.165) is 12.4 Å². The van der Waals surface area contributed by atoms with Crippen molar-refractivity contribution in [3.63, 3.8) is 0 Å². The van der Waals surface area contributed by atoms with Gasteiger partial charge in [0, 0.05) is 18.6 Å². The van der Waals surface area contributed by atoms with Gasteiger partial charge in [-0.15, -0.1) is 0 Å². The normalized spacial score (nSPS) is 10.3. The first-order valence-corrected chi connectivity index (χ1v) is 4.10. The van der Waals surface area contributed by atoms with E-state index in [-0.39, 0.29) is 0 Å². The highest BCUT2D eigenvalue weighted by Crippen LogP contribution is 2.17. The Morgan fingerprint density at radius 1 is 1.12 bits per heavy atom. The molecule has 0 fully saturated rings. The van der Waals surface area contributed by atoms with Crippen molar-refractivity contribution in [2.45, 2.75) is 6.18 Å². The van der Waals surface area contributed by atoms with Crippen LogP contribution in [0.1, 0.15) is 0 Å². The molecule has 0 spiro atoms. The Bertz CT molecular complexity index is 426. The zero-order chi connectivity index (χ0) is 12.7. The molecule has 0 radical (unpaired) electrons. The second kappa shape index (κ2) is 5.68. The number of ether oxygens (including phenoxy) is 1. The van der Waals surface area contributed by atoms with Gasteiger partial charge < -0.3 is 4.74 Å². The Morgan fingerprint density at radius 3 is 2.53 bits per heavy atom. The smallest absolute Gasteiger partial charge is 0.399 e. The minimum atomic E-state index is -5.10. The number of aromatic nitrogens is 4. The van der Waals surface area contributed by atoms with Crippen LogP contribution in [0.2, 0.25) is 0 Å². The minimum Gasteiger partial charge on any atom is -0.399 e. The van der Waals surface area contributed by atoms with Crippen molar-refractivity contribution in [2.75, 3.05) is 0 Å². The summed E-state index contributed by atoms with van der Waals surface area (Å²) in [6.07, 6.45) is 0.360. The molecule has 0 atom stereocenters. The number of alkyl halides is 3. The highest BCUT2D eigenvalue weighted by atomic mass is 19.4. The van der Waals surface area contributed by atoms with Crippen molar-refractivity contribution in [1.29, 1.82) is 0 Å². The second-order valence-electron chi connectivity index (χ2n) is 2.46. The Hall–Kier alpha value is -2.32. The lowest BCUT2D eigenvalue weighted by Gasteiger charge is -2.03. The molecule has 1 heterocycles. The molecule has 0 saturated carbocycles. The van der Waals surface area contributed by atoms with Gasteiger partial charge in [-0.3, -0.25) is 4.98 Å². The maximum Gasteiger partial charge on any atom is 0.491 e. The van der Waals surface area contributed by atoms with E-state index in [1.165, 1.54) is 18.6 Å². The van der Waals surface area contributed by atoms with Gasteiger partial charge in [-0.1, -0.05) is 0 Å².